The number of benzene rings is 1. The molecule has 3 rings (SSSR count). The number of anilines is 1. The first-order valence-electron chi connectivity index (χ1n) is 5.91. The van der Waals surface area contributed by atoms with E-state index < -0.39 is 0 Å². The lowest BCUT2D eigenvalue weighted by molar-refractivity contribution is -0.116. The van der Waals surface area contributed by atoms with Crippen molar-refractivity contribution < 1.29 is 4.79 Å². The third-order valence-electron chi connectivity index (χ3n) is 3.49. The van der Waals surface area contributed by atoms with Crippen molar-refractivity contribution in [2.75, 3.05) is 5.32 Å². The maximum absolute atomic E-state index is 12.0. The van der Waals surface area contributed by atoms with E-state index in [4.69, 9.17) is 0 Å². The van der Waals surface area contributed by atoms with Crippen LogP contribution in [0.1, 0.15) is 25.7 Å². The lowest BCUT2D eigenvalue weighted by Crippen LogP contribution is -2.33. The SMILES string of the molecule is O=C1Nc2ccccc2SC1C1CCCC1. The van der Waals surface area contributed by atoms with Crippen molar-refractivity contribution >= 4 is 23.4 Å². The number of carbonyl (C=O) groups excluding carboxylic acids is 1. The highest BCUT2D eigenvalue weighted by Crippen LogP contribution is 2.42. The topological polar surface area (TPSA) is 29.1 Å². The molecule has 1 N–H and O–H groups in total. The van der Waals surface area contributed by atoms with Gasteiger partial charge in [-0.2, -0.15) is 0 Å². The molecular weight excluding hydrogens is 218 g/mol. The minimum atomic E-state index is 0.136. The molecule has 1 unspecified atom stereocenters. The molecule has 1 aromatic carbocycles. The molecule has 1 aliphatic heterocycles. The Morgan fingerprint density at radius 1 is 1.19 bits per heavy atom. The Morgan fingerprint density at radius 2 is 1.94 bits per heavy atom. The monoisotopic (exact) mass is 233 g/mol. The predicted molar refractivity (Wildman–Crippen MR) is 66.7 cm³/mol. The molecule has 1 heterocycles. The summed E-state index contributed by atoms with van der Waals surface area (Å²) in [4.78, 5) is 13.2. The van der Waals surface area contributed by atoms with Crippen LogP contribution in [-0.4, -0.2) is 11.2 Å². The van der Waals surface area contributed by atoms with Crippen LogP contribution in [0.2, 0.25) is 0 Å². The molecule has 84 valence electrons. The highest BCUT2D eigenvalue weighted by atomic mass is 32.2. The molecule has 0 radical (unpaired) electrons. The zero-order valence-electron chi connectivity index (χ0n) is 9.11. The fraction of sp³-hybridized carbons (Fsp3) is 0.462. The molecule has 0 saturated heterocycles. The van der Waals surface area contributed by atoms with Crippen LogP contribution in [0.15, 0.2) is 29.2 Å². The van der Waals surface area contributed by atoms with Crippen molar-refractivity contribution in [2.24, 2.45) is 5.92 Å². The number of thioether (sulfide) groups is 1. The van der Waals surface area contributed by atoms with Crippen LogP contribution in [-0.2, 0) is 4.79 Å². The normalized spacial score (nSPS) is 25.2. The van der Waals surface area contributed by atoms with Crippen LogP contribution in [0.4, 0.5) is 5.69 Å². The molecule has 16 heavy (non-hydrogen) atoms. The summed E-state index contributed by atoms with van der Waals surface area (Å²) in [5.41, 5.74) is 0.978. The molecule has 2 aliphatic rings. The standard InChI is InChI=1S/C13H15NOS/c15-13-12(9-5-1-2-6-9)16-11-8-4-3-7-10(11)14-13/h3-4,7-9,12H,1-2,5-6H2,(H,14,15). The summed E-state index contributed by atoms with van der Waals surface area (Å²) in [7, 11) is 0. The second-order valence-electron chi connectivity index (χ2n) is 4.57. The van der Waals surface area contributed by atoms with Gasteiger partial charge in [-0.3, -0.25) is 4.79 Å². The van der Waals surface area contributed by atoms with Crippen molar-refractivity contribution in [3.05, 3.63) is 24.3 Å². The Labute approximate surface area is 99.8 Å². The number of carbonyl (C=O) groups is 1. The zero-order valence-corrected chi connectivity index (χ0v) is 9.93. The minimum Gasteiger partial charge on any atom is -0.324 e. The van der Waals surface area contributed by atoms with E-state index in [0.717, 1.165) is 5.69 Å². The quantitative estimate of drug-likeness (QED) is 0.806. The van der Waals surface area contributed by atoms with Gasteiger partial charge in [0.2, 0.25) is 5.91 Å². The van der Waals surface area contributed by atoms with Crippen LogP contribution < -0.4 is 5.32 Å². The average molecular weight is 233 g/mol. The van der Waals surface area contributed by atoms with Crippen molar-refractivity contribution in [1.82, 2.24) is 0 Å². The number of fused-ring (bicyclic) bond motifs is 1. The van der Waals surface area contributed by atoms with Crippen molar-refractivity contribution in [3.63, 3.8) is 0 Å². The lowest BCUT2D eigenvalue weighted by Gasteiger charge is -2.27. The van der Waals surface area contributed by atoms with Gasteiger partial charge in [-0.1, -0.05) is 25.0 Å². The molecular formula is C13H15NOS. The molecule has 1 aliphatic carbocycles. The minimum absolute atomic E-state index is 0.136. The zero-order chi connectivity index (χ0) is 11.0. The van der Waals surface area contributed by atoms with Gasteiger partial charge in [-0.15, -0.1) is 11.8 Å². The van der Waals surface area contributed by atoms with Crippen molar-refractivity contribution in [1.29, 1.82) is 0 Å². The van der Waals surface area contributed by atoms with E-state index in [0.29, 0.717) is 5.92 Å². The van der Waals surface area contributed by atoms with E-state index in [-0.39, 0.29) is 11.2 Å². The summed E-state index contributed by atoms with van der Waals surface area (Å²) in [6.45, 7) is 0. The summed E-state index contributed by atoms with van der Waals surface area (Å²) in [5.74, 6) is 0.786. The molecule has 0 spiro atoms. The van der Waals surface area contributed by atoms with Gasteiger partial charge in [0.1, 0.15) is 0 Å². The number of hydrogen-bond donors (Lipinski definition) is 1. The van der Waals surface area contributed by atoms with Gasteiger partial charge in [0.15, 0.2) is 0 Å². The van der Waals surface area contributed by atoms with E-state index in [2.05, 4.69) is 11.4 Å². The van der Waals surface area contributed by atoms with Crippen molar-refractivity contribution in [3.8, 4) is 0 Å². The van der Waals surface area contributed by atoms with Crippen LogP contribution in [0.5, 0.6) is 0 Å². The maximum Gasteiger partial charge on any atom is 0.238 e. The largest absolute Gasteiger partial charge is 0.324 e. The molecule has 1 aromatic rings. The smallest absolute Gasteiger partial charge is 0.238 e. The highest BCUT2D eigenvalue weighted by Gasteiger charge is 2.34. The average Bonchev–Trinajstić information content (AvgIpc) is 2.81. The van der Waals surface area contributed by atoms with Crippen LogP contribution in [0.3, 0.4) is 0 Å². The number of nitrogens with one attached hydrogen (secondary N) is 1. The number of para-hydroxylation sites is 1. The summed E-state index contributed by atoms with van der Waals surface area (Å²) < 4.78 is 0. The van der Waals surface area contributed by atoms with E-state index in [1.807, 2.05) is 18.2 Å². The van der Waals surface area contributed by atoms with Gasteiger partial charge in [0, 0.05) is 4.90 Å². The lowest BCUT2D eigenvalue weighted by atomic mass is 10.0. The molecule has 0 bridgehead atoms. The summed E-state index contributed by atoms with van der Waals surface area (Å²) >= 11 is 1.75. The molecule has 1 atom stereocenters. The van der Waals surface area contributed by atoms with E-state index in [1.54, 1.807) is 11.8 Å². The molecule has 1 fully saturated rings. The van der Waals surface area contributed by atoms with E-state index in [9.17, 15) is 4.79 Å². The van der Waals surface area contributed by atoms with E-state index >= 15 is 0 Å². The second kappa shape index (κ2) is 4.13. The summed E-state index contributed by atoms with van der Waals surface area (Å²) in [5, 5.41) is 3.16. The fourth-order valence-corrected chi connectivity index (χ4v) is 3.94. The van der Waals surface area contributed by atoms with Gasteiger partial charge in [0.05, 0.1) is 10.9 Å². The first-order chi connectivity index (χ1) is 7.84. The summed E-state index contributed by atoms with van der Waals surface area (Å²) in [6, 6.07) is 8.08. The van der Waals surface area contributed by atoms with Crippen molar-refractivity contribution in [2.45, 2.75) is 35.8 Å². The number of amides is 1. The maximum atomic E-state index is 12.0. The van der Waals surface area contributed by atoms with Gasteiger partial charge in [-0.25, -0.2) is 0 Å². The number of hydrogen-bond acceptors (Lipinski definition) is 2. The Bertz CT molecular complexity index is 412. The van der Waals surface area contributed by atoms with Crippen LogP contribution >= 0.6 is 11.8 Å². The van der Waals surface area contributed by atoms with Gasteiger partial charge < -0.3 is 5.32 Å². The van der Waals surface area contributed by atoms with Gasteiger partial charge >= 0.3 is 0 Å². The molecule has 1 saturated carbocycles. The Balaban J connectivity index is 1.86. The Hall–Kier alpha value is -0.960. The predicted octanol–water partition coefficient (Wildman–Crippen LogP) is 3.29. The Kier molecular flexibility index (Phi) is 2.64. The van der Waals surface area contributed by atoms with E-state index in [1.165, 1.54) is 30.6 Å². The molecule has 2 nitrogen and oxygen atoms in total. The molecule has 0 aromatic heterocycles. The number of rotatable bonds is 1. The molecule has 3 heteroatoms. The highest BCUT2D eigenvalue weighted by molar-refractivity contribution is 8.01. The third kappa shape index (κ3) is 1.73. The third-order valence-corrected chi connectivity index (χ3v) is 4.95. The van der Waals surface area contributed by atoms with Crippen LogP contribution in [0, 0.1) is 5.92 Å². The first kappa shape index (κ1) is 10.2. The Morgan fingerprint density at radius 3 is 2.75 bits per heavy atom. The van der Waals surface area contributed by atoms with Gasteiger partial charge in [-0.05, 0) is 30.9 Å². The summed E-state index contributed by atoms with van der Waals surface area (Å²) in [6.07, 6.45) is 5.01. The van der Waals surface area contributed by atoms with Crippen LogP contribution in [0.25, 0.3) is 0 Å². The fourth-order valence-electron chi connectivity index (χ4n) is 2.64. The molecule has 1 amide bonds. The van der Waals surface area contributed by atoms with Gasteiger partial charge in [0.25, 0.3) is 0 Å². The first-order valence-corrected chi connectivity index (χ1v) is 6.79. The second-order valence-corrected chi connectivity index (χ2v) is 5.75.